The second kappa shape index (κ2) is 6.95. The standard InChI is InChI=1S/C15H18FNOS/c1-12-10-17(4-6-19-12)11-14-7-13(3-2-5-18)8-15(16)9-14/h7-9,12,18H,4-6,10-11H2,1H3. The molecule has 1 aromatic carbocycles. The third kappa shape index (κ3) is 4.54. The Kier molecular flexibility index (Phi) is 5.26. The van der Waals surface area contributed by atoms with Crippen molar-refractivity contribution < 1.29 is 9.50 Å². The smallest absolute Gasteiger partial charge is 0.124 e. The molecule has 1 unspecified atom stereocenters. The molecule has 1 aliphatic rings. The number of nitrogens with zero attached hydrogens (tertiary/aromatic N) is 1. The van der Waals surface area contributed by atoms with Crippen molar-refractivity contribution in [1.29, 1.82) is 0 Å². The van der Waals surface area contributed by atoms with Crippen molar-refractivity contribution in [3.8, 4) is 11.8 Å². The highest BCUT2D eigenvalue weighted by atomic mass is 32.2. The number of rotatable bonds is 2. The molecule has 1 atom stereocenters. The Morgan fingerprint density at radius 2 is 2.32 bits per heavy atom. The average Bonchev–Trinajstić information content (AvgIpc) is 2.35. The lowest BCUT2D eigenvalue weighted by atomic mass is 10.1. The summed E-state index contributed by atoms with van der Waals surface area (Å²) in [4.78, 5) is 2.35. The molecule has 0 radical (unpaired) electrons. The molecule has 4 heteroatoms. The third-order valence-electron chi connectivity index (χ3n) is 3.00. The number of benzene rings is 1. The Balaban J connectivity index is 2.09. The van der Waals surface area contributed by atoms with Crippen molar-refractivity contribution in [2.45, 2.75) is 18.7 Å². The molecule has 1 fully saturated rings. The van der Waals surface area contributed by atoms with Gasteiger partial charge in [0.2, 0.25) is 0 Å². The minimum Gasteiger partial charge on any atom is -0.384 e. The molecule has 2 rings (SSSR count). The van der Waals surface area contributed by atoms with Crippen molar-refractivity contribution in [2.24, 2.45) is 0 Å². The second-order valence-electron chi connectivity index (χ2n) is 4.72. The zero-order valence-corrected chi connectivity index (χ0v) is 11.8. The summed E-state index contributed by atoms with van der Waals surface area (Å²) >= 11 is 1.98. The van der Waals surface area contributed by atoms with E-state index < -0.39 is 0 Å². The van der Waals surface area contributed by atoms with Crippen LogP contribution in [0.1, 0.15) is 18.1 Å². The number of thioether (sulfide) groups is 1. The Morgan fingerprint density at radius 3 is 3.05 bits per heavy atom. The highest BCUT2D eigenvalue weighted by molar-refractivity contribution is 7.99. The molecule has 19 heavy (non-hydrogen) atoms. The second-order valence-corrected chi connectivity index (χ2v) is 6.27. The van der Waals surface area contributed by atoms with E-state index >= 15 is 0 Å². The molecule has 102 valence electrons. The van der Waals surface area contributed by atoms with Crippen LogP contribution in [0.25, 0.3) is 0 Å². The largest absolute Gasteiger partial charge is 0.384 e. The van der Waals surface area contributed by atoms with Gasteiger partial charge in [-0.1, -0.05) is 18.8 Å². The first kappa shape index (κ1) is 14.4. The van der Waals surface area contributed by atoms with Crippen LogP contribution in [0.15, 0.2) is 18.2 Å². The zero-order valence-electron chi connectivity index (χ0n) is 11.0. The molecular formula is C15H18FNOS. The van der Waals surface area contributed by atoms with Gasteiger partial charge in [0.05, 0.1) is 0 Å². The molecule has 0 saturated carbocycles. The van der Waals surface area contributed by atoms with Crippen LogP contribution in [0.2, 0.25) is 0 Å². The topological polar surface area (TPSA) is 23.5 Å². The van der Waals surface area contributed by atoms with Crippen molar-refractivity contribution in [2.75, 3.05) is 25.4 Å². The van der Waals surface area contributed by atoms with Gasteiger partial charge in [0.25, 0.3) is 0 Å². The molecule has 1 heterocycles. The van der Waals surface area contributed by atoms with Crippen molar-refractivity contribution >= 4 is 11.8 Å². The maximum Gasteiger partial charge on any atom is 0.124 e. The maximum atomic E-state index is 13.5. The SMILES string of the molecule is CC1CN(Cc2cc(F)cc(C#CCO)c2)CCS1. The van der Waals surface area contributed by atoms with E-state index in [0.717, 1.165) is 31.0 Å². The van der Waals surface area contributed by atoms with Crippen LogP contribution >= 0.6 is 11.8 Å². The molecule has 0 aromatic heterocycles. The van der Waals surface area contributed by atoms with E-state index in [9.17, 15) is 4.39 Å². The van der Waals surface area contributed by atoms with E-state index in [-0.39, 0.29) is 12.4 Å². The van der Waals surface area contributed by atoms with Gasteiger partial charge in [0.15, 0.2) is 0 Å². The van der Waals surface area contributed by atoms with Gasteiger partial charge in [-0.05, 0) is 23.8 Å². The number of hydrogen-bond acceptors (Lipinski definition) is 3. The first-order chi connectivity index (χ1) is 9.17. The summed E-state index contributed by atoms with van der Waals surface area (Å²) in [6, 6.07) is 4.87. The van der Waals surface area contributed by atoms with E-state index in [1.807, 2.05) is 17.8 Å². The fourth-order valence-electron chi connectivity index (χ4n) is 2.25. The molecule has 1 N–H and O–H groups in total. The van der Waals surface area contributed by atoms with Crippen LogP contribution in [0.4, 0.5) is 4.39 Å². The Morgan fingerprint density at radius 1 is 1.47 bits per heavy atom. The van der Waals surface area contributed by atoms with Crippen LogP contribution in [-0.4, -0.2) is 40.7 Å². The van der Waals surface area contributed by atoms with Crippen LogP contribution < -0.4 is 0 Å². The first-order valence-corrected chi connectivity index (χ1v) is 7.45. The van der Waals surface area contributed by atoms with Gasteiger partial charge in [-0.2, -0.15) is 11.8 Å². The van der Waals surface area contributed by atoms with Crippen molar-refractivity contribution in [3.05, 3.63) is 35.1 Å². The quantitative estimate of drug-likeness (QED) is 0.839. The van der Waals surface area contributed by atoms with Crippen LogP contribution in [0.5, 0.6) is 0 Å². The fraction of sp³-hybridized carbons (Fsp3) is 0.467. The Labute approximate surface area is 118 Å². The van der Waals surface area contributed by atoms with Crippen molar-refractivity contribution in [1.82, 2.24) is 4.90 Å². The fourth-order valence-corrected chi connectivity index (χ4v) is 3.33. The van der Waals surface area contributed by atoms with Crippen LogP contribution in [0.3, 0.4) is 0 Å². The highest BCUT2D eigenvalue weighted by Crippen LogP contribution is 2.20. The number of aliphatic hydroxyl groups excluding tert-OH is 1. The highest BCUT2D eigenvalue weighted by Gasteiger charge is 2.16. The molecule has 1 aromatic rings. The lowest BCUT2D eigenvalue weighted by Gasteiger charge is -2.30. The van der Waals surface area contributed by atoms with E-state index in [2.05, 4.69) is 23.7 Å². The number of aliphatic hydroxyl groups is 1. The molecule has 0 bridgehead atoms. The predicted molar refractivity (Wildman–Crippen MR) is 77.6 cm³/mol. The van der Waals surface area contributed by atoms with E-state index in [4.69, 9.17) is 5.11 Å². The van der Waals surface area contributed by atoms with Gasteiger partial charge >= 0.3 is 0 Å². The summed E-state index contributed by atoms with van der Waals surface area (Å²) in [7, 11) is 0. The normalized spacial score (nSPS) is 19.8. The predicted octanol–water partition coefficient (Wildman–Crippen LogP) is 2.11. The van der Waals surface area contributed by atoms with Gasteiger partial charge in [-0.15, -0.1) is 0 Å². The van der Waals surface area contributed by atoms with Crippen LogP contribution in [-0.2, 0) is 6.54 Å². The maximum absolute atomic E-state index is 13.5. The summed E-state index contributed by atoms with van der Waals surface area (Å²) in [6.45, 7) is 4.87. The average molecular weight is 279 g/mol. The minimum atomic E-state index is -0.265. The monoisotopic (exact) mass is 279 g/mol. The first-order valence-electron chi connectivity index (χ1n) is 6.40. The molecule has 1 aliphatic heterocycles. The molecule has 0 amide bonds. The lowest BCUT2D eigenvalue weighted by Crippen LogP contribution is -2.36. The van der Waals surface area contributed by atoms with Gasteiger partial charge in [0, 0.05) is 36.2 Å². The summed E-state index contributed by atoms with van der Waals surface area (Å²) in [5, 5.41) is 9.31. The van der Waals surface area contributed by atoms with Gasteiger partial charge in [-0.25, -0.2) is 4.39 Å². The number of halogens is 1. The lowest BCUT2D eigenvalue weighted by molar-refractivity contribution is 0.278. The van der Waals surface area contributed by atoms with E-state index in [1.54, 1.807) is 6.07 Å². The summed E-state index contributed by atoms with van der Waals surface area (Å²) in [5.41, 5.74) is 1.57. The van der Waals surface area contributed by atoms with E-state index in [0.29, 0.717) is 10.8 Å². The number of hydrogen-bond donors (Lipinski definition) is 1. The van der Waals surface area contributed by atoms with Crippen LogP contribution in [0, 0.1) is 17.7 Å². The Bertz CT molecular complexity index is 495. The molecule has 0 aliphatic carbocycles. The molecule has 1 saturated heterocycles. The van der Waals surface area contributed by atoms with Gasteiger partial charge in [0.1, 0.15) is 12.4 Å². The van der Waals surface area contributed by atoms with Crippen molar-refractivity contribution in [3.63, 3.8) is 0 Å². The minimum absolute atomic E-state index is 0.202. The summed E-state index contributed by atoms with van der Waals surface area (Å²) < 4.78 is 13.5. The third-order valence-corrected chi connectivity index (χ3v) is 4.14. The summed E-state index contributed by atoms with van der Waals surface area (Å²) in [6.07, 6.45) is 0. The molecular weight excluding hydrogens is 261 g/mol. The van der Waals surface area contributed by atoms with Gasteiger partial charge in [-0.3, -0.25) is 4.90 Å². The zero-order chi connectivity index (χ0) is 13.7. The van der Waals surface area contributed by atoms with E-state index in [1.165, 1.54) is 6.07 Å². The molecule has 0 spiro atoms. The Hall–Kier alpha value is -1.02. The van der Waals surface area contributed by atoms with Gasteiger partial charge < -0.3 is 5.11 Å². The summed E-state index contributed by atoms with van der Waals surface area (Å²) in [5.74, 6) is 6.18. The molecule has 2 nitrogen and oxygen atoms in total.